The summed E-state index contributed by atoms with van der Waals surface area (Å²) in [6, 6.07) is 8.15. The Morgan fingerprint density at radius 1 is 1.19 bits per heavy atom. The van der Waals surface area contributed by atoms with E-state index < -0.39 is 11.3 Å². The molecule has 1 aromatic carbocycles. The van der Waals surface area contributed by atoms with Crippen molar-refractivity contribution >= 4 is 46.4 Å². The van der Waals surface area contributed by atoms with E-state index in [-0.39, 0.29) is 21.8 Å². The molecule has 0 atom stereocenters. The van der Waals surface area contributed by atoms with Gasteiger partial charge in [0.1, 0.15) is 22.7 Å². The molecule has 0 spiro atoms. The van der Waals surface area contributed by atoms with E-state index in [1.165, 1.54) is 12.1 Å². The molecule has 2 heterocycles. The Bertz CT molecular complexity index is 910. The van der Waals surface area contributed by atoms with Gasteiger partial charge in [0.25, 0.3) is 5.91 Å². The lowest BCUT2D eigenvalue weighted by atomic mass is 9.94. The first-order chi connectivity index (χ1) is 12.7. The molecule has 3 rings (SSSR count). The third kappa shape index (κ3) is 4.17. The predicted molar refractivity (Wildman–Crippen MR) is 106 cm³/mol. The van der Waals surface area contributed by atoms with Crippen LogP contribution in [0.2, 0.25) is 10.3 Å². The quantitative estimate of drug-likeness (QED) is 0.748. The number of ether oxygens (including phenoxy) is 1. The van der Waals surface area contributed by atoms with Gasteiger partial charge in [-0.2, -0.15) is 0 Å². The first-order valence-corrected chi connectivity index (χ1v) is 9.14. The van der Waals surface area contributed by atoms with Crippen LogP contribution in [0, 0.1) is 5.41 Å². The van der Waals surface area contributed by atoms with Crippen LogP contribution in [-0.2, 0) is 4.79 Å². The van der Waals surface area contributed by atoms with Gasteiger partial charge in [0.15, 0.2) is 0 Å². The molecule has 0 radical (unpaired) electrons. The molecule has 0 saturated heterocycles. The molecule has 8 heteroatoms. The molecule has 0 aliphatic carbocycles. The Labute approximate surface area is 167 Å². The average Bonchev–Trinajstić information content (AvgIpc) is 2.59. The summed E-state index contributed by atoms with van der Waals surface area (Å²) in [5, 5.41) is 2.99. The molecule has 0 unspecified atom stereocenters. The van der Waals surface area contributed by atoms with Gasteiger partial charge in [0.2, 0.25) is 5.91 Å². The molecule has 0 saturated carbocycles. The molecule has 1 N–H and O–H groups in total. The summed E-state index contributed by atoms with van der Waals surface area (Å²) in [5.74, 6) is 0.165. The molecule has 2 aromatic rings. The number of amides is 2. The Morgan fingerprint density at radius 2 is 1.93 bits per heavy atom. The first-order valence-electron chi connectivity index (χ1n) is 8.39. The molecule has 6 nitrogen and oxygen atoms in total. The number of rotatable bonds is 2. The van der Waals surface area contributed by atoms with Crippen LogP contribution >= 0.6 is 23.2 Å². The Kier molecular flexibility index (Phi) is 5.31. The van der Waals surface area contributed by atoms with E-state index in [1.807, 2.05) is 20.8 Å². The summed E-state index contributed by atoms with van der Waals surface area (Å²) < 4.78 is 5.64. The number of fused-ring (bicyclic) bond motifs is 1. The highest BCUT2D eigenvalue weighted by Crippen LogP contribution is 2.36. The second-order valence-electron chi connectivity index (χ2n) is 7.16. The normalized spacial score (nSPS) is 13.6. The molecular formula is C19H19Cl2N3O3. The van der Waals surface area contributed by atoms with Gasteiger partial charge in [0.05, 0.1) is 17.8 Å². The van der Waals surface area contributed by atoms with E-state index in [0.717, 1.165) is 0 Å². The number of halogens is 2. The number of aromatic nitrogens is 1. The average molecular weight is 408 g/mol. The van der Waals surface area contributed by atoms with Crippen molar-refractivity contribution in [2.75, 3.05) is 23.4 Å². The number of nitrogens with zero attached hydrogens (tertiary/aromatic N) is 2. The maximum absolute atomic E-state index is 12.8. The van der Waals surface area contributed by atoms with Crippen molar-refractivity contribution in [1.82, 2.24) is 4.98 Å². The van der Waals surface area contributed by atoms with Gasteiger partial charge in [-0.25, -0.2) is 4.98 Å². The van der Waals surface area contributed by atoms with Gasteiger partial charge >= 0.3 is 0 Å². The highest BCUT2D eigenvalue weighted by Gasteiger charge is 2.32. The van der Waals surface area contributed by atoms with Gasteiger partial charge < -0.3 is 15.0 Å². The van der Waals surface area contributed by atoms with E-state index in [1.54, 1.807) is 23.1 Å². The topological polar surface area (TPSA) is 71.5 Å². The van der Waals surface area contributed by atoms with Gasteiger partial charge in [-0.15, -0.1) is 0 Å². The van der Waals surface area contributed by atoms with Crippen LogP contribution in [0.3, 0.4) is 0 Å². The zero-order valence-corrected chi connectivity index (χ0v) is 16.7. The van der Waals surface area contributed by atoms with Crippen LogP contribution in [-0.4, -0.2) is 29.9 Å². The zero-order valence-electron chi connectivity index (χ0n) is 15.2. The van der Waals surface area contributed by atoms with Crippen LogP contribution in [0.5, 0.6) is 5.75 Å². The monoisotopic (exact) mass is 407 g/mol. The van der Waals surface area contributed by atoms with E-state index in [9.17, 15) is 9.59 Å². The maximum atomic E-state index is 12.8. The van der Waals surface area contributed by atoms with Crippen molar-refractivity contribution < 1.29 is 14.3 Å². The fourth-order valence-electron chi connectivity index (χ4n) is 2.69. The minimum absolute atomic E-state index is 0.0135. The zero-order chi connectivity index (χ0) is 19.8. The minimum atomic E-state index is -0.531. The Balaban J connectivity index is 1.88. The van der Waals surface area contributed by atoms with E-state index in [2.05, 4.69) is 10.3 Å². The fourth-order valence-corrected chi connectivity index (χ4v) is 3.12. The van der Waals surface area contributed by atoms with Gasteiger partial charge in [-0.3, -0.25) is 9.59 Å². The summed E-state index contributed by atoms with van der Waals surface area (Å²) in [7, 11) is 0. The third-order valence-corrected chi connectivity index (χ3v) is 4.52. The van der Waals surface area contributed by atoms with Crippen molar-refractivity contribution in [1.29, 1.82) is 0 Å². The molecule has 2 amide bonds. The smallest absolute Gasteiger partial charge is 0.258 e. The number of nitrogens with one attached hydrogen (secondary N) is 1. The number of hydrogen-bond donors (Lipinski definition) is 1. The standard InChI is InChI=1S/C19H19Cl2N3O3/c1-19(2,3)18(26)24-8-9-27-14-6-4-11(10-13(14)24)22-17(25)12-5-7-15(20)23-16(12)21/h4-7,10H,8-9H2,1-3H3,(H,22,25). The third-order valence-electron chi connectivity index (χ3n) is 4.03. The SMILES string of the molecule is CC(C)(C)C(=O)N1CCOc2ccc(NC(=O)c3ccc(Cl)nc3Cl)cc21. The number of pyridine rings is 1. The molecule has 1 aliphatic rings. The van der Waals surface area contributed by atoms with Gasteiger partial charge in [0, 0.05) is 11.1 Å². The van der Waals surface area contributed by atoms with Crippen LogP contribution in [0.1, 0.15) is 31.1 Å². The molecule has 142 valence electrons. The molecular weight excluding hydrogens is 389 g/mol. The minimum Gasteiger partial charge on any atom is -0.490 e. The molecule has 0 bridgehead atoms. The first kappa shape index (κ1) is 19.5. The molecule has 1 aliphatic heterocycles. The van der Waals surface area contributed by atoms with Crippen molar-refractivity contribution in [3.8, 4) is 5.75 Å². The second kappa shape index (κ2) is 7.37. The lowest BCUT2D eigenvalue weighted by molar-refractivity contribution is -0.126. The van der Waals surface area contributed by atoms with Crippen LogP contribution in [0.15, 0.2) is 30.3 Å². The van der Waals surface area contributed by atoms with E-state index in [0.29, 0.717) is 30.3 Å². The second-order valence-corrected chi connectivity index (χ2v) is 7.91. The van der Waals surface area contributed by atoms with Gasteiger partial charge in [-0.05, 0) is 30.3 Å². The predicted octanol–water partition coefficient (Wildman–Crippen LogP) is 4.41. The van der Waals surface area contributed by atoms with Crippen molar-refractivity contribution in [2.45, 2.75) is 20.8 Å². The van der Waals surface area contributed by atoms with Crippen molar-refractivity contribution in [3.63, 3.8) is 0 Å². The van der Waals surface area contributed by atoms with Gasteiger partial charge in [-0.1, -0.05) is 44.0 Å². The van der Waals surface area contributed by atoms with Crippen LogP contribution < -0.4 is 15.0 Å². The highest BCUT2D eigenvalue weighted by atomic mass is 35.5. The summed E-state index contributed by atoms with van der Waals surface area (Å²) in [6.45, 7) is 6.48. The molecule has 1 aromatic heterocycles. The Morgan fingerprint density at radius 3 is 2.59 bits per heavy atom. The number of hydrogen-bond acceptors (Lipinski definition) is 4. The summed E-state index contributed by atoms with van der Waals surface area (Å²) >= 11 is 11.8. The molecule has 27 heavy (non-hydrogen) atoms. The lowest BCUT2D eigenvalue weighted by Crippen LogP contribution is -2.44. The Hall–Kier alpha value is -2.31. The van der Waals surface area contributed by atoms with E-state index >= 15 is 0 Å². The molecule has 0 fully saturated rings. The fraction of sp³-hybridized carbons (Fsp3) is 0.316. The number of anilines is 2. The van der Waals surface area contributed by atoms with Crippen molar-refractivity contribution in [3.05, 3.63) is 46.2 Å². The number of carbonyl (C=O) groups is 2. The van der Waals surface area contributed by atoms with Crippen LogP contribution in [0.4, 0.5) is 11.4 Å². The summed E-state index contributed by atoms with van der Waals surface area (Å²) in [6.07, 6.45) is 0. The number of carbonyl (C=O) groups excluding carboxylic acids is 2. The lowest BCUT2D eigenvalue weighted by Gasteiger charge is -2.34. The van der Waals surface area contributed by atoms with Crippen LogP contribution in [0.25, 0.3) is 0 Å². The largest absolute Gasteiger partial charge is 0.490 e. The van der Waals surface area contributed by atoms with E-state index in [4.69, 9.17) is 27.9 Å². The summed E-state index contributed by atoms with van der Waals surface area (Å²) in [4.78, 5) is 30.8. The highest BCUT2D eigenvalue weighted by molar-refractivity contribution is 6.35. The van der Waals surface area contributed by atoms with Crippen molar-refractivity contribution in [2.24, 2.45) is 5.41 Å². The summed E-state index contributed by atoms with van der Waals surface area (Å²) in [5.41, 5.74) is 0.815. The number of benzene rings is 1. The maximum Gasteiger partial charge on any atom is 0.258 e.